The van der Waals surface area contributed by atoms with Crippen LogP contribution >= 0.6 is 11.6 Å². The Morgan fingerprint density at radius 2 is 1.69 bits per heavy atom. The summed E-state index contributed by atoms with van der Waals surface area (Å²) in [5, 5.41) is 13.7. The van der Waals surface area contributed by atoms with Gasteiger partial charge in [-0.25, -0.2) is 0 Å². The van der Waals surface area contributed by atoms with Crippen LogP contribution in [0.25, 0.3) is 22.2 Å². The van der Waals surface area contributed by atoms with Gasteiger partial charge in [0.05, 0.1) is 11.2 Å². The Hall–Kier alpha value is -3.04. The predicted molar refractivity (Wildman–Crippen MR) is 124 cm³/mol. The molecule has 1 heterocycles. The summed E-state index contributed by atoms with van der Waals surface area (Å²) in [6, 6.07) is 26.6. The number of fused-ring (bicyclic) bond motifs is 1. The van der Waals surface area contributed by atoms with Gasteiger partial charge in [0, 0.05) is 40.7 Å². The number of aromatic nitrogens is 1. The average Bonchev–Trinajstić information content (AvgIpc) is 3.13. The van der Waals surface area contributed by atoms with Crippen LogP contribution in [0.15, 0.2) is 78.9 Å². The maximum Gasteiger partial charge on any atom is 0.0695 e. The minimum atomic E-state index is 0.122. The zero-order chi connectivity index (χ0) is 20.2. The van der Waals surface area contributed by atoms with E-state index >= 15 is 0 Å². The number of anilines is 1. The van der Waals surface area contributed by atoms with Gasteiger partial charge in [-0.2, -0.15) is 0 Å². The molecule has 0 aliphatic heterocycles. The molecule has 0 bridgehead atoms. The zero-order valence-corrected chi connectivity index (χ0v) is 17.1. The molecule has 4 rings (SSSR count). The Balaban J connectivity index is 1.52. The van der Waals surface area contributed by atoms with Gasteiger partial charge in [-0.1, -0.05) is 72.3 Å². The third-order valence-corrected chi connectivity index (χ3v) is 5.21. The molecule has 0 spiro atoms. The Kier molecular flexibility index (Phi) is 5.68. The van der Waals surface area contributed by atoms with Crippen molar-refractivity contribution in [1.82, 2.24) is 4.98 Å². The molecule has 4 aromatic rings. The Bertz CT molecular complexity index is 1120. The highest BCUT2D eigenvalue weighted by atomic mass is 35.5. The second-order valence-corrected chi connectivity index (χ2v) is 7.92. The normalized spacial score (nSPS) is 12.1. The van der Waals surface area contributed by atoms with Crippen LogP contribution in [0.4, 0.5) is 5.69 Å². The first-order chi connectivity index (χ1) is 14.1. The van der Waals surface area contributed by atoms with Gasteiger partial charge >= 0.3 is 0 Å². The molecule has 0 saturated heterocycles. The van der Waals surface area contributed by atoms with Gasteiger partial charge in [-0.15, -0.1) is 0 Å². The summed E-state index contributed by atoms with van der Waals surface area (Å²) in [6.45, 7) is 2.10. The van der Waals surface area contributed by atoms with E-state index in [9.17, 15) is 0 Å². The van der Waals surface area contributed by atoms with Crippen LogP contribution in [-0.2, 0) is 6.42 Å². The summed E-state index contributed by atoms with van der Waals surface area (Å²) >= 11 is 6.38. The van der Waals surface area contributed by atoms with E-state index in [0.29, 0.717) is 23.6 Å². The molecule has 1 unspecified atom stereocenters. The maximum absolute atomic E-state index is 8.37. The van der Waals surface area contributed by atoms with E-state index in [1.165, 1.54) is 5.56 Å². The van der Waals surface area contributed by atoms with Gasteiger partial charge in [0.15, 0.2) is 0 Å². The van der Waals surface area contributed by atoms with Crippen molar-refractivity contribution in [2.75, 3.05) is 5.32 Å². The minimum absolute atomic E-state index is 0.122. The molecular formula is C25H24ClN3. The maximum atomic E-state index is 8.37. The molecule has 29 heavy (non-hydrogen) atoms. The van der Waals surface area contributed by atoms with Crippen LogP contribution in [0.5, 0.6) is 0 Å². The van der Waals surface area contributed by atoms with Gasteiger partial charge in [0.25, 0.3) is 0 Å². The highest BCUT2D eigenvalue weighted by molar-refractivity contribution is 6.32. The SMILES string of the molecule is CC(CC(=N)Cc1ccccc1)Nc1cc(Cl)cc2cc(-c3ccccc3)[nH]c12. The number of benzene rings is 3. The molecule has 1 aromatic heterocycles. The molecule has 3 N–H and O–H groups in total. The molecule has 3 aromatic carbocycles. The molecule has 4 heteroatoms. The Labute approximate surface area is 176 Å². The van der Waals surface area contributed by atoms with E-state index in [-0.39, 0.29) is 6.04 Å². The summed E-state index contributed by atoms with van der Waals surface area (Å²) in [7, 11) is 0. The fraction of sp³-hybridized carbons (Fsp3) is 0.160. The summed E-state index contributed by atoms with van der Waals surface area (Å²) in [4.78, 5) is 3.53. The van der Waals surface area contributed by atoms with Crippen molar-refractivity contribution in [2.24, 2.45) is 0 Å². The number of hydrogen-bond donors (Lipinski definition) is 3. The van der Waals surface area contributed by atoms with Crippen LogP contribution in [0, 0.1) is 5.41 Å². The fourth-order valence-corrected chi connectivity index (χ4v) is 3.92. The van der Waals surface area contributed by atoms with E-state index in [0.717, 1.165) is 27.8 Å². The van der Waals surface area contributed by atoms with E-state index in [1.807, 2.05) is 48.5 Å². The van der Waals surface area contributed by atoms with Crippen molar-refractivity contribution in [1.29, 1.82) is 5.41 Å². The third-order valence-electron chi connectivity index (χ3n) is 4.99. The second-order valence-electron chi connectivity index (χ2n) is 7.48. The van der Waals surface area contributed by atoms with Gasteiger partial charge in [-0.05, 0) is 36.2 Å². The number of rotatable bonds is 7. The van der Waals surface area contributed by atoms with Crippen molar-refractivity contribution in [3.05, 3.63) is 89.4 Å². The van der Waals surface area contributed by atoms with Gasteiger partial charge < -0.3 is 15.7 Å². The smallest absolute Gasteiger partial charge is 0.0695 e. The highest BCUT2D eigenvalue weighted by Crippen LogP contribution is 2.32. The van der Waals surface area contributed by atoms with E-state index < -0.39 is 0 Å². The lowest BCUT2D eigenvalue weighted by molar-refractivity contribution is 0.826. The summed E-state index contributed by atoms with van der Waals surface area (Å²) in [6.07, 6.45) is 1.35. The van der Waals surface area contributed by atoms with Crippen LogP contribution in [0.1, 0.15) is 18.9 Å². The monoisotopic (exact) mass is 401 g/mol. The predicted octanol–water partition coefficient (Wildman–Crippen LogP) is 6.94. The largest absolute Gasteiger partial charge is 0.380 e. The minimum Gasteiger partial charge on any atom is -0.380 e. The number of nitrogens with one attached hydrogen (secondary N) is 3. The van der Waals surface area contributed by atoms with E-state index in [4.69, 9.17) is 17.0 Å². The Morgan fingerprint density at radius 3 is 2.41 bits per heavy atom. The summed E-state index contributed by atoms with van der Waals surface area (Å²) in [5.74, 6) is 0. The van der Waals surface area contributed by atoms with Crippen LogP contribution in [-0.4, -0.2) is 16.7 Å². The molecule has 0 fully saturated rings. The third kappa shape index (κ3) is 4.69. The lowest BCUT2D eigenvalue weighted by atomic mass is 10.0. The van der Waals surface area contributed by atoms with Crippen molar-refractivity contribution in [3.8, 4) is 11.3 Å². The number of halogens is 1. The number of hydrogen-bond acceptors (Lipinski definition) is 2. The van der Waals surface area contributed by atoms with Crippen LogP contribution in [0.2, 0.25) is 5.02 Å². The average molecular weight is 402 g/mol. The van der Waals surface area contributed by atoms with E-state index in [1.54, 1.807) is 0 Å². The molecule has 0 aliphatic carbocycles. The molecule has 146 valence electrons. The standard InChI is InChI=1S/C25H24ClN3/c1-17(12-22(27)13-18-8-4-2-5-9-18)28-24-16-21(26)14-20-15-23(29-25(20)24)19-10-6-3-7-11-19/h2-11,14-17,27-29H,12-13H2,1H3. The molecule has 0 amide bonds. The van der Waals surface area contributed by atoms with Crippen molar-refractivity contribution in [3.63, 3.8) is 0 Å². The van der Waals surface area contributed by atoms with Crippen molar-refractivity contribution in [2.45, 2.75) is 25.8 Å². The van der Waals surface area contributed by atoms with Gasteiger partial charge in [-0.3, -0.25) is 0 Å². The molecule has 0 aliphatic rings. The lowest BCUT2D eigenvalue weighted by Crippen LogP contribution is -2.20. The fourth-order valence-electron chi connectivity index (χ4n) is 3.70. The van der Waals surface area contributed by atoms with Crippen LogP contribution in [0.3, 0.4) is 0 Å². The van der Waals surface area contributed by atoms with Crippen molar-refractivity contribution >= 4 is 33.9 Å². The molecule has 1 atom stereocenters. The molecule has 3 nitrogen and oxygen atoms in total. The van der Waals surface area contributed by atoms with Crippen molar-refractivity contribution < 1.29 is 0 Å². The van der Waals surface area contributed by atoms with Gasteiger partial charge in [0.2, 0.25) is 0 Å². The lowest BCUT2D eigenvalue weighted by Gasteiger charge is -2.17. The Morgan fingerprint density at radius 1 is 1.00 bits per heavy atom. The van der Waals surface area contributed by atoms with E-state index in [2.05, 4.69) is 47.6 Å². The number of H-pyrrole nitrogens is 1. The summed E-state index contributed by atoms with van der Waals surface area (Å²) < 4.78 is 0. The molecular weight excluding hydrogens is 378 g/mol. The zero-order valence-electron chi connectivity index (χ0n) is 16.4. The second kappa shape index (κ2) is 8.54. The van der Waals surface area contributed by atoms with Gasteiger partial charge in [0.1, 0.15) is 0 Å². The topological polar surface area (TPSA) is 51.7 Å². The first kappa shape index (κ1) is 19.3. The van der Waals surface area contributed by atoms with Crippen LogP contribution < -0.4 is 5.32 Å². The first-order valence-corrected chi connectivity index (χ1v) is 10.2. The number of aromatic amines is 1. The quantitative estimate of drug-likeness (QED) is 0.288. The highest BCUT2D eigenvalue weighted by Gasteiger charge is 2.12. The first-order valence-electron chi connectivity index (χ1n) is 9.83. The summed E-state index contributed by atoms with van der Waals surface area (Å²) in [5.41, 5.74) is 6.10. The molecule has 0 radical (unpaired) electrons. The molecule has 0 saturated carbocycles.